The van der Waals surface area contributed by atoms with Crippen LogP contribution in [0.25, 0.3) is 0 Å². The number of esters is 1. The van der Waals surface area contributed by atoms with Crippen LogP contribution in [0.5, 0.6) is 0 Å². The first kappa shape index (κ1) is 9.25. The van der Waals surface area contributed by atoms with Gasteiger partial charge >= 0.3 is 5.97 Å². The first-order valence-electron chi connectivity index (χ1n) is 4.92. The Kier molecular flexibility index (Phi) is 2.28. The zero-order valence-corrected chi connectivity index (χ0v) is 8.54. The maximum atomic E-state index is 11.4. The van der Waals surface area contributed by atoms with Gasteiger partial charge in [-0.2, -0.15) is 0 Å². The van der Waals surface area contributed by atoms with Gasteiger partial charge in [-0.1, -0.05) is 12.1 Å². The molecule has 2 heteroatoms. The van der Waals surface area contributed by atoms with E-state index in [1.807, 2.05) is 19.1 Å². The largest absolute Gasteiger partial charge is 0.465 e. The van der Waals surface area contributed by atoms with Crippen molar-refractivity contribution < 1.29 is 9.53 Å². The lowest BCUT2D eigenvalue weighted by atomic mass is 9.99. The maximum Gasteiger partial charge on any atom is 0.338 e. The number of carbonyl (C=O) groups excluding carboxylic acids is 1. The number of hydrogen-bond acceptors (Lipinski definition) is 2. The quantitative estimate of drug-likeness (QED) is 0.670. The van der Waals surface area contributed by atoms with Crippen LogP contribution in [0, 0.1) is 6.92 Å². The highest BCUT2D eigenvalue weighted by molar-refractivity contribution is 5.91. The average molecular weight is 190 g/mol. The summed E-state index contributed by atoms with van der Waals surface area (Å²) in [7, 11) is 1.42. The molecule has 0 bridgehead atoms. The molecule has 0 N–H and O–H groups in total. The summed E-state index contributed by atoms with van der Waals surface area (Å²) in [6.07, 6.45) is 2.51. The van der Waals surface area contributed by atoms with E-state index in [9.17, 15) is 4.79 Å². The fourth-order valence-electron chi connectivity index (χ4n) is 1.82. The molecule has 1 aromatic carbocycles. The Labute approximate surface area is 83.9 Å². The molecule has 0 unspecified atom stereocenters. The summed E-state index contributed by atoms with van der Waals surface area (Å²) >= 11 is 0. The monoisotopic (exact) mass is 190 g/mol. The third-order valence-corrected chi connectivity index (χ3v) is 2.80. The lowest BCUT2D eigenvalue weighted by Crippen LogP contribution is -2.05. The van der Waals surface area contributed by atoms with Gasteiger partial charge in [-0.25, -0.2) is 4.79 Å². The molecule has 2 rings (SSSR count). The van der Waals surface area contributed by atoms with Gasteiger partial charge in [0.05, 0.1) is 12.7 Å². The summed E-state index contributed by atoms with van der Waals surface area (Å²) in [5, 5.41) is 0. The highest BCUT2D eigenvalue weighted by Crippen LogP contribution is 2.42. The van der Waals surface area contributed by atoms with E-state index in [0.29, 0.717) is 11.5 Å². The molecular weight excluding hydrogens is 176 g/mol. The van der Waals surface area contributed by atoms with E-state index in [1.165, 1.54) is 25.5 Å². The summed E-state index contributed by atoms with van der Waals surface area (Å²) in [4.78, 5) is 11.4. The van der Waals surface area contributed by atoms with Gasteiger partial charge in [-0.3, -0.25) is 0 Å². The smallest absolute Gasteiger partial charge is 0.338 e. The molecule has 1 aliphatic carbocycles. The fraction of sp³-hybridized carbons (Fsp3) is 0.417. The van der Waals surface area contributed by atoms with Crippen molar-refractivity contribution in [1.29, 1.82) is 0 Å². The summed E-state index contributed by atoms with van der Waals surface area (Å²) in [6, 6.07) is 5.87. The first-order valence-corrected chi connectivity index (χ1v) is 4.92. The number of ether oxygens (including phenoxy) is 1. The Bertz CT molecular complexity index is 365. The van der Waals surface area contributed by atoms with Crippen molar-refractivity contribution in [2.75, 3.05) is 7.11 Å². The van der Waals surface area contributed by atoms with Gasteiger partial charge in [-0.05, 0) is 42.9 Å². The fourth-order valence-corrected chi connectivity index (χ4v) is 1.82. The van der Waals surface area contributed by atoms with Crippen LogP contribution >= 0.6 is 0 Å². The van der Waals surface area contributed by atoms with Crippen molar-refractivity contribution in [2.24, 2.45) is 0 Å². The lowest BCUT2D eigenvalue weighted by molar-refractivity contribution is 0.0600. The van der Waals surface area contributed by atoms with E-state index in [2.05, 4.69) is 6.07 Å². The molecule has 1 aromatic rings. The molecule has 1 fully saturated rings. The van der Waals surface area contributed by atoms with E-state index < -0.39 is 0 Å². The molecule has 0 radical (unpaired) electrons. The molecule has 0 atom stereocenters. The summed E-state index contributed by atoms with van der Waals surface area (Å²) < 4.78 is 4.73. The van der Waals surface area contributed by atoms with Crippen LogP contribution < -0.4 is 0 Å². The second kappa shape index (κ2) is 3.45. The van der Waals surface area contributed by atoms with Crippen LogP contribution in [-0.2, 0) is 4.74 Å². The second-order valence-corrected chi connectivity index (χ2v) is 3.79. The summed E-state index contributed by atoms with van der Waals surface area (Å²) in [6.45, 7) is 2.00. The predicted molar refractivity (Wildman–Crippen MR) is 54.5 cm³/mol. The minimum atomic E-state index is -0.231. The standard InChI is InChI=1S/C12H14O2/c1-8-10(9-6-7-9)4-3-5-11(8)12(13)14-2/h3-5,9H,6-7H2,1-2H3. The van der Waals surface area contributed by atoms with Crippen LogP contribution in [0.4, 0.5) is 0 Å². The SMILES string of the molecule is COC(=O)c1cccc(C2CC2)c1C. The Morgan fingerprint density at radius 3 is 2.71 bits per heavy atom. The van der Waals surface area contributed by atoms with Crippen molar-refractivity contribution in [3.63, 3.8) is 0 Å². The minimum Gasteiger partial charge on any atom is -0.465 e. The molecule has 0 heterocycles. The normalized spacial score (nSPS) is 15.3. The first-order chi connectivity index (χ1) is 6.74. The Hall–Kier alpha value is -1.31. The molecule has 0 saturated heterocycles. The molecule has 74 valence electrons. The van der Waals surface area contributed by atoms with E-state index in [0.717, 1.165) is 5.56 Å². The summed E-state index contributed by atoms with van der Waals surface area (Å²) in [5.74, 6) is 0.449. The molecule has 1 saturated carbocycles. The number of carbonyl (C=O) groups is 1. The third kappa shape index (κ3) is 1.52. The number of methoxy groups -OCH3 is 1. The van der Waals surface area contributed by atoms with Gasteiger partial charge in [0.1, 0.15) is 0 Å². The van der Waals surface area contributed by atoms with Crippen LogP contribution in [0.2, 0.25) is 0 Å². The highest BCUT2D eigenvalue weighted by atomic mass is 16.5. The lowest BCUT2D eigenvalue weighted by Gasteiger charge is -2.08. The van der Waals surface area contributed by atoms with E-state index >= 15 is 0 Å². The minimum absolute atomic E-state index is 0.231. The number of rotatable bonds is 2. The van der Waals surface area contributed by atoms with Crippen LogP contribution in [0.3, 0.4) is 0 Å². The number of benzene rings is 1. The van der Waals surface area contributed by atoms with Crippen LogP contribution in [0.15, 0.2) is 18.2 Å². The maximum absolute atomic E-state index is 11.4. The van der Waals surface area contributed by atoms with E-state index in [-0.39, 0.29) is 5.97 Å². The van der Waals surface area contributed by atoms with Gasteiger partial charge < -0.3 is 4.74 Å². The van der Waals surface area contributed by atoms with Crippen molar-refractivity contribution in [2.45, 2.75) is 25.7 Å². The molecule has 0 spiro atoms. The van der Waals surface area contributed by atoms with Gasteiger partial charge in [0.25, 0.3) is 0 Å². The van der Waals surface area contributed by atoms with E-state index in [1.54, 1.807) is 0 Å². The predicted octanol–water partition coefficient (Wildman–Crippen LogP) is 2.66. The molecule has 0 aliphatic heterocycles. The Morgan fingerprint density at radius 2 is 2.14 bits per heavy atom. The average Bonchev–Trinajstić information content (AvgIpc) is 3.01. The molecule has 14 heavy (non-hydrogen) atoms. The zero-order valence-electron chi connectivity index (χ0n) is 8.54. The van der Waals surface area contributed by atoms with Crippen molar-refractivity contribution in [3.05, 3.63) is 34.9 Å². The second-order valence-electron chi connectivity index (χ2n) is 3.79. The van der Waals surface area contributed by atoms with Crippen molar-refractivity contribution in [3.8, 4) is 0 Å². The third-order valence-electron chi connectivity index (χ3n) is 2.80. The van der Waals surface area contributed by atoms with Gasteiger partial charge in [0.15, 0.2) is 0 Å². The van der Waals surface area contributed by atoms with Crippen LogP contribution in [-0.4, -0.2) is 13.1 Å². The number of hydrogen-bond donors (Lipinski definition) is 0. The van der Waals surface area contributed by atoms with Gasteiger partial charge in [0, 0.05) is 0 Å². The molecule has 0 amide bonds. The van der Waals surface area contributed by atoms with Crippen molar-refractivity contribution in [1.82, 2.24) is 0 Å². The van der Waals surface area contributed by atoms with Gasteiger partial charge in [0.2, 0.25) is 0 Å². The zero-order chi connectivity index (χ0) is 10.1. The van der Waals surface area contributed by atoms with Crippen molar-refractivity contribution >= 4 is 5.97 Å². The Balaban J connectivity index is 2.40. The Morgan fingerprint density at radius 1 is 1.43 bits per heavy atom. The molecular formula is C12H14O2. The summed E-state index contributed by atoms with van der Waals surface area (Å²) in [5.41, 5.74) is 3.10. The van der Waals surface area contributed by atoms with E-state index in [4.69, 9.17) is 4.74 Å². The van der Waals surface area contributed by atoms with Gasteiger partial charge in [-0.15, -0.1) is 0 Å². The molecule has 1 aliphatic rings. The van der Waals surface area contributed by atoms with Crippen LogP contribution in [0.1, 0.15) is 40.2 Å². The topological polar surface area (TPSA) is 26.3 Å². The highest BCUT2D eigenvalue weighted by Gasteiger charge is 2.26. The molecule has 0 aromatic heterocycles. The molecule has 2 nitrogen and oxygen atoms in total.